The Morgan fingerprint density at radius 1 is 1.37 bits per heavy atom. The molecule has 2 amide bonds. The van der Waals surface area contributed by atoms with Crippen molar-refractivity contribution in [1.82, 2.24) is 10.2 Å². The summed E-state index contributed by atoms with van der Waals surface area (Å²) < 4.78 is 1.55. The molecule has 2 rings (SSSR count). The highest BCUT2D eigenvalue weighted by Gasteiger charge is 2.25. The molecule has 1 aliphatic rings. The van der Waals surface area contributed by atoms with E-state index in [1.54, 1.807) is 19.2 Å². The monoisotopic (exact) mass is 388 g/mol. The van der Waals surface area contributed by atoms with E-state index in [9.17, 15) is 9.59 Å². The van der Waals surface area contributed by atoms with E-state index in [1.165, 1.54) is 4.90 Å². The molecule has 0 unspecified atom stereocenters. The molecular formula is C13H14Br2N2O2. The van der Waals surface area contributed by atoms with Crippen LogP contribution in [0.15, 0.2) is 27.1 Å². The maximum atomic E-state index is 12.2. The molecule has 1 saturated carbocycles. The van der Waals surface area contributed by atoms with Gasteiger partial charge in [0, 0.05) is 22.0 Å². The first-order valence-corrected chi connectivity index (χ1v) is 7.56. The number of nitrogens with zero attached hydrogens (tertiary/aromatic N) is 1. The SMILES string of the molecule is CN(CC(=O)NC1CC1)C(=O)c1cc(Br)ccc1Br. The van der Waals surface area contributed by atoms with Gasteiger partial charge in [0.1, 0.15) is 0 Å². The van der Waals surface area contributed by atoms with E-state index in [0.29, 0.717) is 11.6 Å². The summed E-state index contributed by atoms with van der Waals surface area (Å²) in [6, 6.07) is 5.70. The molecule has 102 valence electrons. The van der Waals surface area contributed by atoms with Gasteiger partial charge in [0.05, 0.1) is 12.1 Å². The molecule has 1 N–H and O–H groups in total. The number of hydrogen-bond donors (Lipinski definition) is 1. The van der Waals surface area contributed by atoms with Crippen molar-refractivity contribution in [2.24, 2.45) is 0 Å². The maximum absolute atomic E-state index is 12.2. The number of rotatable bonds is 4. The quantitative estimate of drug-likeness (QED) is 0.860. The second-order valence-electron chi connectivity index (χ2n) is 4.63. The van der Waals surface area contributed by atoms with E-state index in [-0.39, 0.29) is 18.4 Å². The molecule has 0 radical (unpaired) electrons. The Morgan fingerprint density at radius 2 is 2.05 bits per heavy atom. The molecule has 1 aliphatic carbocycles. The van der Waals surface area contributed by atoms with Crippen LogP contribution in [0.5, 0.6) is 0 Å². The molecule has 6 heteroatoms. The standard InChI is InChI=1S/C13H14Br2N2O2/c1-17(7-12(18)16-9-3-4-9)13(19)10-6-8(14)2-5-11(10)15/h2,5-6,9H,3-4,7H2,1H3,(H,16,18). The Labute approximate surface area is 128 Å². The van der Waals surface area contributed by atoms with Crippen LogP contribution in [0.2, 0.25) is 0 Å². The summed E-state index contributed by atoms with van der Waals surface area (Å²) in [7, 11) is 1.63. The summed E-state index contributed by atoms with van der Waals surface area (Å²) in [6.07, 6.45) is 2.08. The van der Waals surface area contributed by atoms with Crippen LogP contribution < -0.4 is 5.32 Å². The van der Waals surface area contributed by atoms with Crippen molar-refractivity contribution in [2.75, 3.05) is 13.6 Å². The number of hydrogen-bond acceptors (Lipinski definition) is 2. The van der Waals surface area contributed by atoms with E-state index in [2.05, 4.69) is 37.2 Å². The molecule has 1 fully saturated rings. The minimum Gasteiger partial charge on any atom is -0.352 e. The van der Waals surface area contributed by atoms with Gasteiger partial charge < -0.3 is 10.2 Å². The summed E-state index contributed by atoms with van der Waals surface area (Å²) in [5, 5.41) is 2.86. The fourth-order valence-corrected chi connectivity index (χ4v) is 2.43. The van der Waals surface area contributed by atoms with Crippen LogP contribution in [-0.4, -0.2) is 36.3 Å². The van der Waals surface area contributed by atoms with Gasteiger partial charge in [0.15, 0.2) is 0 Å². The third-order valence-electron chi connectivity index (χ3n) is 2.83. The van der Waals surface area contributed by atoms with Crippen molar-refractivity contribution in [3.8, 4) is 0 Å². The lowest BCUT2D eigenvalue weighted by atomic mass is 10.2. The van der Waals surface area contributed by atoms with Crippen LogP contribution >= 0.6 is 31.9 Å². The smallest absolute Gasteiger partial charge is 0.255 e. The lowest BCUT2D eigenvalue weighted by Gasteiger charge is -2.17. The second kappa shape index (κ2) is 6.05. The number of likely N-dealkylation sites (N-methyl/N-ethyl adjacent to an activating group) is 1. The molecule has 0 saturated heterocycles. The average molecular weight is 390 g/mol. The number of nitrogens with one attached hydrogen (secondary N) is 1. The fourth-order valence-electron chi connectivity index (χ4n) is 1.66. The normalized spacial score (nSPS) is 14.1. The first-order valence-electron chi connectivity index (χ1n) is 5.97. The molecule has 0 aliphatic heterocycles. The number of carbonyl (C=O) groups excluding carboxylic acids is 2. The highest BCUT2D eigenvalue weighted by Crippen LogP contribution is 2.23. The molecule has 19 heavy (non-hydrogen) atoms. The summed E-state index contributed by atoms with van der Waals surface area (Å²) in [5.41, 5.74) is 0.538. The van der Waals surface area contributed by atoms with Crippen LogP contribution in [0, 0.1) is 0 Å². The van der Waals surface area contributed by atoms with E-state index in [0.717, 1.165) is 21.8 Å². The van der Waals surface area contributed by atoms with Crippen LogP contribution in [0.1, 0.15) is 23.2 Å². The zero-order valence-electron chi connectivity index (χ0n) is 10.5. The van der Waals surface area contributed by atoms with Gasteiger partial charge in [-0.1, -0.05) is 15.9 Å². The Kier molecular flexibility index (Phi) is 4.62. The van der Waals surface area contributed by atoms with Gasteiger partial charge in [-0.05, 0) is 47.0 Å². The lowest BCUT2D eigenvalue weighted by Crippen LogP contribution is -2.39. The van der Waals surface area contributed by atoms with Gasteiger partial charge in [0.25, 0.3) is 5.91 Å². The minimum absolute atomic E-state index is 0.0777. The Balaban J connectivity index is 2.01. The summed E-state index contributed by atoms with van der Waals surface area (Å²) in [4.78, 5) is 25.3. The van der Waals surface area contributed by atoms with Crippen molar-refractivity contribution >= 4 is 43.7 Å². The fraction of sp³-hybridized carbons (Fsp3) is 0.385. The largest absolute Gasteiger partial charge is 0.352 e. The maximum Gasteiger partial charge on any atom is 0.255 e. The van der Waals surface area contributed by atoms with Crippen LogP contribution in [0.4, 0.5) is 0 Å². The Bertz CT molecular complexity index is 515. The molecule has 1 aromatic rings. The number of halogens is 2. The number of benzene rings is 1. The lowest BCUT2D eigenvalue weighted by molar-refractivity contribution is -0.121. The highest BCUT2D eigenvalue weighted by atomic mass is 79.9. The third-order valence-corrected chi connectivity index (χ3v) is 4.01. The summed E-state index contributed by atoms with van der Waals surface area (Å²) in [6.45, 7) is 0.0777. The van der Waals surface area contributed by atoms with Crippen molar-refractivity contribution in [2.45, 2.75) is 18.9 Å². The summed E-state index contributed by atoms with van der Waals surface area (Å²) in [5.74, 6) is -0.288. The van der Waals surface area contributed by atoms with Crippen molar-refractivity contribution in [3.05, 3.63) is 32.7 Å². The third kappa shape index (κ3) is 4.04. The first-order chi connectivity index (χ1) is 8.97. The van der Waals surface area contributed by atoms with Gasteiger partial charge in [-0.25, -0.2) is 0 Å². The highest BCUT2D eigenvalue weighted by molar-refractivity contribution is 9.11. The minimum atomic E-state index is -0.181. The van der Waals surface area contributed by atoms with Crippen LogP contribution in [-0.2, 0) is 4.79 Å². The van der Waals surface area contributed by atoms with Gasteiger partial charge in [-0.3, -0.25) is 9.59 Å². The number of carbonyl (C=O) groups is 2. The van der Waals surface area contributed by atoms with Crippen molar-refractivity contribution < 1.29 is 9.59 Å². The molecule has 0 bridgehead atoms. The van der Waals surface area contributed by atoms with E-state index in [4.69, 9.17) is 0 Å². The summed E-state index contributed by atoms with van der Waals surface area (Å²) >= 11 is 6.68. The van der Waals surface area contributed by atoms with Crippen LogP contribution in [0.25, 0.3) is 0 Å². The first kappa shape index (κ1) is 14.5. The molecule has 0 atom stereocenters. The van der Waals surface area contributed by atoms with E-state index >= 15 is 0 Å². The van der Waals surface area contributed by atoms with Gasteiger partial charge in [-0.15, -0.1) is 0 Å². The second-order valence-corrected chi connectivity index (χ2v) is 6.40. The Morgan fingerprint density at radius 3 is 2.68 bits per heavy atom. The van der Waals surface area contributed by atoms with Gasteiger partial charge in [-0.2, -0.15) is 0 Å². The van der Waals surface area contributed by atoms with Crippen LogP contribution in [0.3, 0.4) is 0 Å². The molecule has 0 aromatic heterocycles. The predicted molar refractivity (Wildman–Crippen MR) is 80.0 cm³/mol. The molecule has 0 spiro atoms. The number of amides is 2. The molecule has 1 aromatic carbocycles. The zero-order chi connectivity index (χ0) is 14.0. The average Bonchev–Trinajstić information content (AvgIpc) is 3.15. The van der Waals surface area contributed by atoms with Gasteiger partial charge >= 0.3 is 0 Å². The van der Waals surface area contributed by atoms with Crippen molar-refractivity contribution in [3.63, 3.8) is 0 Å². The zero-order valence-corrected chi connectivity index (χ0v) is 13.6. The van der Waals surface area contributed by atoms with E-state index < -0.39 is 0 Å². The molecular weight excluding hydrogens is 376 g/mol. The molecule has 0 heterocycles. The topological polar surface area (TPSA) is 49.4 Å². The molecule has 4 nitrogen and oxygen atoms in total. The van der Waals surface area contributed by atoms with Gasteiger partial charge in [0.2, 0.25) is 5.91 Å². The predicted octanol–water partition coefficient (Wildman–Crippen LogP) is 2.56. The van der Waals surface area contributed by atoms with E-state index in [1.807, 2.05) is 6.07 Å². The Hall–Kier alpha value is -0.880. The van der Waals surface area contributed by atoms with Crippen molar-refractivity contribution in [1.29, 1.82) is 0 Å².